The molecule has 0 radical (unpaired) electrons. The minimum Gasteiger partial charge on any atom is -0.352 e. The minimum atomic E-state index is 0.0278. The quantitative estimate of drug-likeness (QED) is 0.422. The van der Waals surface area contributed by atoms with E-state index < -0.39 is 0 Å². The van der Waals surface area contributed by atoms with Gasteiger partial charge >= 0.3 is 0 Å². The molecular formula is C6H8O2. The lowest BCUT2D eigenvalue weighted by molar-refractivity contribution is 0.0589. The van der Waals surface area contributed by atoms with Gasteiger partial charge in [-0.05, 0) is 6.92 Å². The summed E-state index contributed by atoms with van der Waals surface area (Å²) in [6.45, 7) is 2.82. The van der Waals surface area contributed by atoms with Crippen LogP contribution in [0.2, 0.25) is 0 Å². The summed E-state index contributed by atoms with van der Waals surface area (Å²) in [4.78, 5) is 0. The van der Waals surface area contributed by atoms with Crippen LogP contribution in [0.4, 0.5) is 0 Å². The third-order valence-corrected chi connectivity index (χ3v) is 0.927. The molecule has 0 aromatic rings. The maximum Gasteiger partial charge on any atom is 0.148 e. The number of hydrogen-bond donors (Lipinski definition) is 0. The standard InChI is InChI=1S/C6H8O2/c1-2-3-6-4-7-5-8-6/h6H,4-5H2,1H3. The highest BCUT2D eigenvalue weighted by atomic mass is 16.7. The second-order valence-corrected chi connectivity index (χ2v) is 1.54. The summed E-state index contributed by atoms with van der Waals surface area (Å²) in [7, 11) is 0. The Morgan fingerprint density at radius 1 is 1.62 bits per heavy atom. The molecule has 1 unspecified atom stereocenters. The lowest BCUT2D eigenvalue weighted by Gasteiger charge is -1.91. The van der Waals surface area contributed by atoms with E-state index in [0.717, 1.165) is 0 Å². The zero-order valence-electron chi connectivity index (χ0n) is 4.81. The van der Waals surface area contributed by atoms with Crippen LogP contribution in [-0.2, 0) is 9.47 Å². The van der Waals surface area contributed by atoms with Gasteiger partial charge in [-0.1, -0.05) is 5.92 Å². The molecule has 1 rings (SSSR count). The van der Waals surface area contributed by atoms with Crippen LogP contribution in [0, 0.1) is 11.8 Å². The molecule has 44 valence electrons. The molecule has 0 aromatic heterocycles. The van der Waals surface area contributed by atoms with Crippen molar-refractivity contribution in [2.24, 2.45) is 0 Å². The van der Waals surface area contributed by atoms with Gasteiger partial charge in [-0.2, -0.15) is 0 Å². The molecule has 0 aromatic carbocycles. The molecule has 1 atom stereocenters. The van der Waals surface area contributed by atoms with Crippen molar-refractivity contribution in [3.05, 3.63) is 0 Å². The zero-order chi connectivity index (χ0) is 5.82. The molecule has 0 spiro atoms. The SMILES string of the molecule is CC#CC1COCO1. The smallest absolute Gasteiger partial charge is 0.148 e. The van der Waals surface area contributed by atoms with Crippen molar-refractivity contribution in [1.29, 1.82) is 0 Å². The van der Waals surface area contributed by atoms with Crippen LogP contribution in [-0.4, -0.2) is 19.5 Å². The third kappa shape index (κ3) is 1.22. The van der Waals surface area contributed by atoms with Gasteiger partial charge in [-0.3, -0.25) is 0 Å². The lowest BCUT2D eigenvalue weighted by atomic mass is 10.4. The van der Waals surface area contributed by atoms with Gasteiger partial charge in [0, 0.05) is 0 Å². The first-order chi connectivity index (χ1) is 3.93. The maximum absolute atomic E-state index is 5.00. The van der Waals surface area contributed by atoms with E-state index in [2.05, 4.69) is 11.8 Å². The Balaban J connectivity index is 2.32. The van der Waals surface area contributed by atoms with E-state index >= 15 is 0 Å². The third-order valence-electron chi connectivity index (χ3n) is 0.927. The van der Waals surface area contributed by atoms with Crippen LogP contribution < -0.4 is 0 Å². The van der Waals surface area contributed by atoms with Gasteiger partial charge in [-0.15, -0.1) is 5.92 Å². The van der Waals surface area contributed by atoms with Crippen LogP contribution in [0.5, 0.6) is 0 Å². The first-order valence-corrected chi connectivity index (χ1v) is 2.55. The number of hydrogen-bond acceptors (Lipinski definition) is 2. The molecule has 0 N–H and O–H groups in total. The van der Waals surface area contributed by atoms with E-state index in [-0.39, 0.29) is 6.10 Å². The molecular weight excluding hydrogens is 104 g/mol. The van der Waals surface area contributed by atoms with Crippen molar-refractivity contribution < 1.29 is 9.47 Å². The van der Waals surface area contributed by atoms with Crippen LogP contribution in [0.3, 0.4) is 0 Å². The molecule has 2 nitrogen and oxygen atoms in total. The van der Waals surface area contributed by atoms with Gasteiger partial charge in [0.25, 0.3) is 0 Å². The first-order valence-electron chi connectivity index (χ1n) is 2.55. The topological polar surface area (TPSA) is 18.5 Å². The molecule has 0 saturated carbocycles. The fraction of sp³-hybridized carbons (Fsp3) is 0.667. The summed E-state index contributed by atoms with van der Waals surface area (Å²) >= 11 is 0. The molecule has 0 bridgehead atoms. The Kier molecular flexibility index (Phi) is 1.90. The monoisotopic (exact) mass is 112 g/mol. The summed E-state index contributed by atoms with van der Waals surface area (Å²) in [6.07, 6.45) is 0.0278. The summed E-state index contributed by atoms with van der Waals surface area (Å²) in [5.41, 5.74) is 0. The highest BCUT2D eigenvalue weighted by Crippen LogP contribution is 1.99. The average molecular weight is 112 g/mol. The fourth-order valence-corrected chi connectivity index (χ4v) is 0.578. The second kappa shape index (κ2) is 2.71. The highest BCUT2D eigenvalue weighted by Gasteiger charge is 2.11. The van der Waals surface area contributed by atoms with E-state index in [1.807, 2.05) is 0 Å². The summed E-state index contributed by atoms with van der Waals surface area (Å²) in [5, 5.41) is 0. The van der Waals surface area contributed by atoms with Crippen molar-refractivity contribution in [3.8, 4) is 11.8 Å². The van der Waals surface area contributed by atoms with Crippen molar-refractivity contribution in [2.45, 2.75) is 13.0 Å². The van der Waals surface area contributed by atoms with Gasteiger partial charge in [0.2, 0.25) is 0 Å². The van der Waals surface area contributed by atoms with Crippen molar-refractivity contribution >= 4 is 0 Å². The molecule has 1 heterocycles. The van der Waals surface area contributed by atoms with Crippen LogP contribution in [0.25, 0.3) is 0 Å². The Morgan fingerprint density at radius 2 is 2.50 bits per heavy atom. The van der Waals surface area contributed by atoms with Gasteiger partial charge < -0.3 is 9.47 Å². The molecule has 8 heavy (non-hydrogen) atoms. The fourth-order valence-electron chi connectivity index (χ4n) is 0.578. The van der Waals surface area contributed by atoms with Gasteiger partial charge in [0.1, 0.15) is 12.9 Å². The predicted molar refractivity (Wildman–Crippen MR) is 29.1 cm³/mol. The maximum atomic E-state index is 5.00. The molecule has 1 saturated heterocycles. The molecule has 0 aliphatic carbocycles. The summed E-state index contributed by atoms with van der Waals surface area (Å²) < 4.78 is 9.88. The van der Waals surface area contributed by atoms with Crippen molar-refractivity contribution in [2.75, 3.05) is 13.4 Å². The largest absolute Gasteiger partial charge is 0.352 e. The van der Waals surface area contributed by atoms with Gasteiger partial charge in [-0.25, -0.2) is 0 Å². The molecule has 1 aliphatic rings. The Morgan fingerprint density at radius 3 is 3.00 bits per heavy atom. The summed E-state index contributed by atoms with van der Waals surface area (Å²) in [6, 6.07) is 0. The Hall–Kier alpha value is -0.520. The van der Waals surface area contributed by atoms with E-state index in [1.165, 1.54) is 0 Å². The minimum absolute atomic E-state index is 0.0278. The van der Waals surface area contributed by atoms with Crippen molar-refractivity contribution in [1.82, 2.24) is 0 Å². The van der Waals surface area contributed by atoms with E-state index in [1.54, 1.807) is 6.92 Å². The van der Waals surface area contributed by atoms with Gasteiger partial charge in [0.15, 0.2) is 0 Å². The first kappa shape index (κ1) is 5.61. The normalized spacial score (nSPS) is 26.9. The Bertz CT molecular complexity index is 114. The van der Waals surface area contributed by atoms with Crippen LogP contribution in [0.15, 0.2) is 0 Å². The van der Waals surface area contributed by atoms with E-state index in [0.29, 0.717) is 13.4 Å². The molecule has 1 fully saturated rings. The van der Waals surface area contributed by atoms with E-state index in [9.17, 15) is 0 Å². The second-order valence-electron chi connectivity index (χ2n) is 1.54. The zero-order valence-corrected chi connectivity index (χ0v) is 4.81. The highest BCUT2D eigenvalue weighted by molar-refractivity contribution is 5.03. The lowest BCUT2D eigenvalue weighted by Crippen LogP contribution is -2.04. The molecule has 1 aliphatic heterocycles. The number of rotatable bonds is 0. The van der Waals surface area contributed by atoms with Crippen LogP contribution >= 0.6 is 0 Å². The molecule has 2 heteroatoms. The predicted octanol–water partition coefficient (Wildman–Crippen LogP) is 0.383. The van der Waals surface area contributed by atoms with Gasteiger partial charge in [0.05, 0.1) is 6.61 Å². The van der Waals surface area contributed by atoms with Crippen molar-refractivity contribution in [3.63, 3.8) is 0 Å². The van der Waals surface area contributed by atoms with Crippen LogP contribution in [0.1, 0.15) is 6.92 Å². The summed E-state index contributed by atoms with van der Waals surface area (Å²) in [5.74, 6) is 5.60. The molecule has 0 amide bonds. The average Bonchev–Trinajstić information content (AvgIpc) is 2.19. The Labute approximate surface area is 48.8 Å². The van der Waals surface area contributed by atoms with E-state index in [4.69, 9.17) is 9.47 Å². The number of ether oxygens (including phenoxy) is 2.